The SMILES string of the molecule is COCCN(CCOC)C(=O)C(C#N)=Cc1ccc(OC(F)F)cc1. The van der Waals surface area contributed by atoms with E-state index in [1.54, 1.807) is 0 Å². The molecule has 8 heteroatoms. The van der Waals surface area contributed by atoms with E-state index in [1.807, 2.05) is 6.07 Å². The zero-order valence-corrected chi connectivity index (χ0v) is 14.1. The molecule has 0 aliphatic carbocycles. The van der Waals surface area contributed by atoms with Crippen LogP contribution in [0.1, 0.15) is 5.56 Å². The number of benzene rings is 1. The molecular formula is C17H20F2N2O4. The molecule has 0 unspecified atom stereocenters. The minimum atomic E-state index is -2.91. The molecule has 0 spiro atoms. The first kappa shape index (κ1) is 20.5. The summed E-state index contributed by atoms with van der Waals surface area (Å²) in [7, 11) is 3.03. The quantitative estimate of drug-likeness (QED) is 0.476. The Morgan fingerprint density at radius 2 is 1.76 bits per heavy atom. The Labute approximate surface area is 145 Å². The molecule has 0 N–H and O–H groups in total. The van der Waals surface area contributed by atoms with Gasteiger partial charge in [0, 0.05) is 27.3 Å². The van der Waals surface area contributed by atoms with Crippen molar-refractivity contribution in [2.24, 2.45) is 0 Å². The summed E-state index contributed by atoms with van der Waals surface area (Å²) >= 11 is 0. The average molecular weight is 354 g/mol. The minimum absolute atomic E-state index is 0.00111. The van der Waals surface area contributed by atoms with Crippen molar-refractivity contribution in [1.82, 2.24) is 4.90 Å². The van der Waals surface area contributed by atoms with Gasteiger partial charge >= 0.3 is 6.61 Å². The van der Waals surface area contributed by atoms with Gasteiger partial charge in [-0.25, -0.2) is 0 Å². The number of hydrogen-bond donors (Lipinski definition) is 0. The van der Waals surface area contributed by atoms with Crippen LogP contribution in [0.2, 0.25) is 0 Å². The van der Waals surface area contributed by atoms with Gasteiger partial charge in [0.1, 0.15) is 17.4 Å². The van der Waals surface area contributed by atoms with E-state index < -0.39 is 12.5 Å². The van der Waals surface area contributed by atoms with Crippen LogP contribution in [0, 0.1) is 11.3 Å². The number of carbonyl (C=O) groups is 1. The van der Waals surface area contributed by atoms with Crippen molar-refractivity contribution in [2.45, 2.75) is 6.61 Å². The first-order chi connectivity index (χ1) is 12.0. The number of carbonyl (C=O) groups excluding carboxylic acids is 1. The highest BCUT2D eigenvalue weighted by molar-refractivity contribution is 6.01. The predicted octanol–water partition coefficient (Wildman–Crippen LogP) is 2.32. The number of rotatable bonds is 10. The zero-order chi connectivity index (χ0) is 18.7. The lowest BCUT2D eigenvalue weighted by atomic mass is 10.1. The fraction of sp³-hybridized carbons (Fsp3) is 0.412. The van der Waals surface area contributed by atoms with Gasteiger partial charge < -0.3 is 19.1 Å². The fourth-order valence-electron chi connectivity index (χ4n) is 1.94. The van der Waals surface area contributed by atoms with E-state index in [1.165, 1.54) is 49.5 Å². The molecule has 1 rings (SSSR count). The first-order valence-electron chi connectivity index (χ1n) is 7.45. The molecule has 0 aromatic heterocycles. The summed E-state index contributed by atoms with van der Waals surface area (Å²) in [6, 6.07) is 7.51. The summed E-state index contributed by atoms with van der Waals surface area (Å²) in [6.45, 7) is -1.62. The standard InChI is InChI=1S/C17H20F2N2O4/c1-23-9-7-21(8-10-24-2)16(22)14(12-20)11-13-3-5-15(6-4-13)25-17(18)19/h3-6,11,17H,7-10H2,1-2H3. The molecule has 0 aliphatic heterocycles. The third-order valence-electron chi connectivity index (χ3n) is 3.19. The number of hydrogen-bond acceptors (Lipinski definition) is 5. The van der Waals surface area contributed by atoms with Crippen LogP contribution in [0.5, 0.6) is 5.75 Å². The first-order valence-corrected chi connectivity index (χ1v) is 7.45. The Bertz CT molecular complexity index is 604. The van der Waals surface area contributed by atoms with Crippen LogP contribution in [0.25, 0.3) is 6.08 Å². The number of halogens is 2. The molecule has 0 aliphatic rings. The second-order valence-corrected chi connectivity index (χ2v) is 4.90. The van der Waals surface area contributed by atoms with E-state index in [9.17, 15) is 18.8 Å². The average Bonchev–Trinajstić information content (AvgIpc) is 2.60. The summed E-state index contributed by atoms with van der Waals surface area (Å²) < 4.78 is 38.5. The van der Waals surface area contributed by atoms with Gasteiger partial charge in [0.15, 0.2) is 0 Å². The molecule has 0 fully saturated rings. The molecule has 6 nitrogen and oxygen atoms in total. The van der Waals surface area contributed by atoms with E-state index in [0.29, 0.717) is 31.9 Å². The summed E-state index contributed by atoms with van der Waals surface area (Å²) in [6.07, 6.45) is 1.39. The summed E-state index contributed by atoms with van der Waals surface area (Å²) in [4.78, 5) is 14.0. The molecule has 0 radical (unpaired) electrons. The van der Waals surface area contributed by atoms with E-state index in [0.717, 1.165) is 0 Å². The summed E-state index contributed by atoms with van der Waals surface area (Å²) in [5.41, 5.74) is 0.444. The largest absolute Gasteiger partial charge is 0.435 e. The summed E-state index contributed by atoms with van der Waals surface area (Å²) in [5, 5.41) is 9.28. The minimum Gasteiger partial charge on any atom is -0.435 e. The van der Waals surface area contributed by atoms with Crippen LogP contribution in [0.15, 0.2) is 29.8 Å². The van der Waals surface area contributed by atoms with Crippen LogP contribution in [-0.2, 0) is 14.3 Å². The van der Waals surface area contributed by atoms with Crippen molar-refractivity contribution in [1.29, 1.82) is 5.26 Å². The number of nitriles is 1. The van der Waals surface area contributed by atoms with Gasteiger partial charge in [-0.2, -0.15) is 14.0 Å². The van der Waals surface area contributed by atoms with Crippen LogP contribution in [-0.4, -0.2) is 57.9 Å². The monoisotopic (exact) mass is 354 g/mol. The zero-order valence-electron chi connectivity index (χ0n) is 14.1. The maximum Gasteiger partial charge on any atom is 0.387 e. The van der Waals surface area contributed by atoms with Crippen LogP contribution in [0.3, 0.4) is 0 Å². The van der Waals surface area contributed by atoms with Crippen LogP contribution >= 0.6 is 0 Å². The summed E-state index contributed by atoms with van der Waals surface area (Å²) in [5.74, 6) is -0.455. The van der Waals surface area contributed by atoms with Gasteiger partial charge in [-0.05, 0) is 23.8 Å². The lowest BCUT2D eigenvalue weighted by Gasteiger charge is -2.21. The maximum absolute atomic E-state index is 12.5. The number of amides is 1. The Morgan fingerprint density at radius 3 is 2.20 bits per heavy atom. The Hall–Kier alpha value is -2.50. The van der Waals surface area contributed by atoms with Gasteiger partial charge in [-0.3, -0.25) is 4.79 Å². The van der Waals surface area contributed by atoms with E-state index in [4.69, 9.17) is 9.47 Å². The molecule has 136 valence electrons. The van der Waals surface area contributed by atoms with Crippen LogP contribution < -0.4 is 4.74 Å². The predicted molar refractivity (Wildman–Crippen MR) is 87.0 cm³/mol. The van der Waals surface area contributed by atoms with Gasteiger partial charge in [-0.1, -0.05) is 12.1 Å². The van der Waals surface area contributed by atoms with Gasteiger partial charge in [-0.15, -0.1) is 0 Å². The molecule has 0 atom stereocenters. The van der Waals surface area contributed by atoms with E-state index in [-0.39, 0.29) is 11.3 Å². The second kappa shape index (κ2) is 11.1. The molecule has 1 aromatic carbocycles. The van der Waals surface area contributed by atoms with E-state index in [2.05, 4.69) is 4.74 Å². The highest BCUT2D eigenvalue weighted by Crippen LogP contribution is 2.17. The highest BCUT2D eigenvalue weighted by atomic mass is 19.3. The molecule has 0 saturated carbocycles. The number of ether oxygens (including phenoxy) is 3. The van der Waals surface area contributed by atoms with Gasteiger partial charge in [0.05, 0.1) is 13.2 Å². The Balaban J connectivity index is 2.91. The lowest BCUT2D eigenvalue weighted by molar-refractivity contribution is -0.127. The molecule has 25 heavy (non-hydrogen) atoms. The second-order valence-electron chi connectivity index (χ2n) is 4.90. The third-order valence-corrected chi connectivity index (χ3v) is 3.19. The molecular weight excluding hydrogens is 334 g/mol. The molecule has 1 amide bonds. The number of nitrogens with zero attached hydrogens (tertiary/aromatic N) is 2. The Kier molecular flexibility index (Phi) is 9.14. The van der Waals surface area contributed by atoms with Crippen molar-refractivity contribution in [3.63, 3.8) is 0 Å². The smallest absolute Gasteiger partial charge is 0.387 e. The molecule has 0 heterocycles. The molecule has 0 saturated heterocycles. The van der Waals surface area contributed by atoms with Crippen molar-refractivity contribution < 1.29 is 27.8 Å². The highest BCUT2D eigenvalue weighted by Gasteiger charge is 2.18. The van der Waals surface area contributed by atoms with Crippen molar-refractivity contribution in [3.8, 4) is 11.8 Å². The van der Waals surface area contributed by atoms with E-state index >= 15 is 0 Å². The van der Waals surface area contributed by atoms with Crippen LogP contribution in [0.4, 0.5) is 8.78 Å². The number of alkyl halides is 2. The Morgan fingerprint density at radius 1 is 1.20 bits per heavy atom. The third kappa shape index (κ3) is 7.28. The van der Waals surface area contributed by atoms with Crippen molar-refractivity contribution in [3.05, 3.63) is 35.4 Å². The number of methoxy groups -OCH3 is 2. The fourth-order valence-corrected chi connectivity index (χ4v) is 1.94. The topological polar surface area (TPSA) is 71.8 Å². The molecule has 0 bridgehead atoms. The van der Waals surface area contributed by atoms with Crippen molar-refractivity contribution in [2.75, 3.05) is 40.5 Å². The van der Waals surface area contributed by atoms with Gasteiger partial charge in [0.25, 0.3) is 5.91 Å². The lowest BCUT2D eigenvalue weighted by Crippen LogP contribution is -2.37. The van der Waals surface area contributed by atoms with Crippen molar-refractivity contribution >= 4 is 12.0 Å². The van der Waals surface area contributed by atoms with Gasteiger partial charge in [0.2, 0.25) is 0 Å². The molecule has 1 aromatic rings. The maximum atomic E-state index is 12.5. The normalized spacial score (nSPS) is 11.3.